The predicted octanol–water partition coefficient (Wildman–Crippen LogP) is 2.29. The van der Waals surface area contributed by atoms with Crippen LogP contribution in [0.2, 0.25) is 0 Å². The number of nitrogens with one attached hydrogen (secondary N) is 1. The minimum absolute atomic E-state index is 0.0571. The molecule has 0 amide bonds. The number of ether oxygens (including phenoxy) is 2. The van der Waals surface area contributed by atoms with Gasteiger partial charge in [0, 0.05) is 32.2 Å². The summed E-state index contributed by atoms with van der Waals surface area (Å²) in [5, 5.41) is 2.84. The summed E-state index contributed by atoms with van der Waals surface area (Å²) in [6.07, 6.45) is -4.21. The maximum atomic E-state index is 13.0. The maximum Gasteiger partial charge on any atom is 0.394 e. The van der Waals surface area contributed by atoms with E-state index in [9.17, 15) is 13.2 Å². The first-order chi connectivity index (χ1) is 9.95. The first kappa shape index (κ1) is 15.8. The van der Waals surface area contributed by atoms with Crippen LogP contribution >= 0.6 is 0 Å². The highest BCUT2D eigenvalue weighted by atomic mass is 19.4. The van der Waals surface area contributed by atoms with Gasteiger partial charge in [-0.15, -0.1) is 0 Å². The van der Waals surface area contributed by atoms with Crippen LogP contribution < -0.4 is 19.7 Å². The number of benzene rings is 1. The largest absolute Gasteiger partial charge is 0.497 e. The normalized spacial score (nSPS) is 20.0. The third-order valence-corrected chi connectivity index (χ3v) is 3.58. The first-order valence-corrected chi connectivity index (χ1v) is 6.70. The number of hydrogen-bond acceptors (Lipinski definition) is 4. The highest BCUT2D eigenvalue weighted by Crippen LogP contribution is 2.35. The van der Waals surface area contributed by atoms with E-state index in [-0.39, 0.29) is 13.1 Å². The van der Waals surface area contributed by atoms with Crippen molar-refractivity contribution >= 4 is 5.69 Å². The highest BCUT2D eigenvalue weighted by Gasteiger charge is 2.41. The molecule has 0 radical (unpaired) electrons. The van der Waals surface area contributed by atoms with Gasteiger partial charge in [-0.3, -0.25) is 0 Å². The van der Waals surface area contributed by atoms with Gasteiger partial charge in [0.25, 0.3) is 0 Å². The summed E-state index contributed by atoms with van der Waals surface area (Å²) in [4.78, 5) is 1.70. The second kappa shape index (κ2) is 6.43. The van der Waals surface area contributed by atoms with Gasteiger partial charge in [-0.05, 0) is 12.1 Å². The van der Waals surface area contributed by atoms with Crippen molar-refractivity contribution in [3.8, 4) is 11.5 Å². The lowest BCUT2D eigenvalue weighted by molar-refractivity contribution is -0.169. The molecule has 1 atom stereocenters. The fourth-order valence-corrected chi connectivity index (χ4v) is 2.40. The molecule has 1 heterocycles. The van der Waals surface area contributed by atoms with Crippen molar-refractivity contribution in [3.63, 3.8) is 0 Å². The number of rotatable bonds is 3. The average molecular weight is 304 g/mol. The number of hydrogen-bond donors (Lipinski definition) is 1. The van der Waals surface area contributed by atoms with Gasteiger partial charge in [0.1, 0.15) is 11.5 Å². The SMILES string of the molecule is COc1ccc(N2CCNCC(C(F)(F)F)C2)c(OC)c1. The van der Waals surface area contributed by atoms with Crippen LogP contribution in [0, 0.1) is 5.92 Å². The van der Waals surface area contributed by atoms with Gasteiger partial charge >= 0.3 is 6.18 Å². The molecule has 2 rings (SSSR count). The summed E-state index contributed by atoms with van der Waals surface area (Å²) in [6.45, 7) is 0.856. The summed E-state index contributed by atoms with van der Waals surface area (Å²) in [7, 11) is 3.03. The predicted molar refractivity (Wildman–Crippen MR) is 74.2 cm³/mol. The molecule has 4 nitrogen and oxygen atoms in total. The van der Waals surface area contributed by atoms with Crippen molar-refractivity contribution in [1.82, 2.24) is 5.32 Å². The van der Waals surface area contributed by atoms with Crippen molar-refractivity contribution in [2.75, 3.05) is 45.3 Å². The molecule has 0 bridgehead atoms. The Labute approximate surface area is 121 Å². The van der Waals surface area contributed by atoms with Gasteiger partial charge in [0.2, 0.25) is 0 Å². The van der Waals surface area contributed by atoms with E-state index < -0.39 is 12.1 Å². The zero-order valence-corrected chi connectivity index (χ0v) is 12.0. The molecule has 1 fully saturated rings. The molecule has 1 aliphatic rings. The third-order valence-electron chi connectivity index (χ3n) is 3.58. The van der Waals surface area contributed by atoms with E-state index in [0.717, 1.165) is 0 Å². The van der Waals surface area contributed by atoms with Gasteiger partial charge in [0.15, 0.2) is 0 Å². The molecule has 1 aliphatic heterocycles. The topological polar surface area (TPSA) is 33.7 Å². The Morgan fingerprint density at radius 3 is 2.62 bits per heavy atom. The van der Waals surface area contributed by atoms with Gasteiger partial charge in [0.05, 0.1) is 25.8 Å². The van der Waals surface area contributed by atoms with Crippen LogP contribution in [-0.4, -0.2) is 46.6 Å². The first-order valence-electron chi connectivity index (χ1n) is 6.70. The molecule has 1 aromatic rings. The van der Waals surface area contributed by atoms with Gasteiger partial charge in [-0.25, -0.2) is 0 Å². The van der Waals surface area contributed by atoms with E-state index in [1.807, 2.05) is 0 Å². The van der Waals surface area contributed by atoms with Crippen molar-refractivity contribution in [1.29, 1.82) is 0 Å². The molecule has 0 aromatic heterocycles. The van der Waals surface area contributed by atoms with Crippen LogP contribution in [0.5, 0.6) is 11.5 Å². The van der Waals surface area contributed by atoms with Crippen LogP contribution in [0.4, 0.5) is 18.9 Å². The lowest BCUT2D eigenvalue weighted by Gasteiger charge is -2.28. The fraction of sp³-hybridized carbons (Fsp3) is 0.571. The molecular weight excluding hydrogens is 285 g/mol. The Bertz CT molecular complexity index is 480. The lowest BCUT2D eigenvalue weighted by atomic mass is 10.1. The average Bonchev–Trinajstić information content (AvgIpc) is 2.72. The maximum absolute atomic E-state index is 13.0. The molecule has 1 N–H and O–H groups in total. The van der Waals surface area contributed by atoms with Gasteiger partial charge in [-0.2, -0.15) is 13.2 Å². The summed E-state index contributed by atoms with van der Waals surface area (Å²) < 4.78 is 49.4. The molecule has 0 spiro atoms. The van der Waals surface area contributed by atoms with Gasteiger partial charge in [-0.1, -0.05) is 0 Å². The van der Waals surface area contributed by atoms with E-state index in [0.29, 0.717) is 30.3 Å². The molecule has 7 heteroatoms. The Kier molecular flexibility index (Phi) is 4.82. The minimum Gasteiger partial charge on any atom is -0.497 e. The van der Waals surface area contributed by atoms with Crippen LogP contribution in [-0.2, 0) is 0 Å². The zero-order chi connectivity index (χ0) is 15.5. The van der Waals surface area contributed by atoms with Crippen molar-refractivity contribution in [2.45, 2.75) is 6.18 Å². The Hall–Kier alpha value is -1.63. The van der Waals surface area contributed by atoms with Crippen LogP contribution in [0.25, 0.3) is 0 Å². The van der Waals surface area contributed by atoms with Crippen LogP contribution in [0.15, 0.2) is 18.2 Å². The van der Waals surface area contributed by atoms with Gasteiger partial charge < -0.3 is 19.7 Å². The summed E-state index contributed by atoms with van der Waals surface area (Å²) in [6, 6.07) is 5.13. The summed E-state index contributed by atoms with van der Waals surface area (Å²) in [5.74, 6) is -0.278. The van der Waals surface area contributed by atoms with E-state index in [4.69, 9.17) is 9.47 Å². The molecule has 118 valence electrons. The molecular formula is C14H19F3N2O2. The molecule has 1 saturated heterocycles. The molecule has 0 aliphatic carbocycles. The number of alkyl halides is 3. The number of halogens is 3. The fourth-order valence-electron chi connectivity index (χ4n) is 2.40. The Morgan fingerprint density at radius 1 is 1.24 bits per heavy atom. The Balaban J connectivity index is 2.27. The summed E-state index contributed by atoms with van der Waals surface area (Å²) in [5.41, 5.74) is 0.649. The second-order valence-corrected chi connectivity index (χ2v) is 4.93. The van der Waals surface area contributed by atoms with E-state index in [1.54, 1.807) is 23.1 Å². The molecule has 1 aromatic carbocycles. The number of nitrogens with zero attached hydrogens (tertiary/aromatic N) is 1. The molecule has 0 saturated carbocycles. The molecule has 21 heavy (non-hydrogen) atoms. The number of methoxy groups -OCH3 is 2. The van der Waals surface area contributed by atoms with Crippen LogP contribution in [0.1, 0.15) is 0 Å². The quantitative estimate of drug-likeness (QED) is 0.929. The van der Waals surface area contributed by atoms with E-state index in [2.05, 4.69) is 5.32 Å². The number of anilines is 1. The van der Waals surface area contributed by atoms with Crippen LogP contribution in [0.3, 0.4) is 0 Å². The van der Waals surface area contributed by atoms with E-state index in [1.165, 1.54) is 14.2 Å². The van der Waals surface area contributed by atoms with Crippen molar-refractivity contribution in [2.24, 2.45) is 5.92 Å². The minimum atomic E-state index is -4.21. The smallest absolute Gasteiger partial charge is 0.394 e. The Morgan fingerprint density at radius 2 is 2.00 bits per heavy atom. The second-order valence-electron chi connectivity index (χ2n) is 4.93. The van der Waals surface area contributed by atoms with E-state index >= 15 is 0 Å². The molecule has 1 unspecified atom stereocenters. The lowest BCUT2D eigenvalue weighted by Crippen LogP contribution is -2.38. The highest BCUT2D eigenvalue weighted by molar-refractivity contribution is 5.61. The van der Waals surface area contributed by atoms with Crippen molar-refractivity contribution < 1.29 is 22.6 Å². The monoisotopic (exact) mass is 304 g/mol. The standard InChI is InChI=1S/C14H19F3N2O2/c1-20-11-3-4-12(13(7-11)21-2)19-6-5-18-8-10(9-19)14(15,16)17/h3-4,7,10,18H,5-6,8-9H2,1-2H3. The zero-order valence-electron chi connectivity index (χ0n) is 12.0. The third kappa shape index (κ3) is 3.72. The van der Waals surface area contributed by atoms with Crippen molar-refractivity contribution in [3.05, 3.63) is 18.2 Å². The summed E-state index contributed by atoms with van der Waals surface area (Å²) >= 11 is 0.